The van der Waals surface area contributed by atoms with Gasteiger partial charge in [-0.1, -0.05) is 23.9 Å². The van der Waals surface area contributed by atoms with Crippen molar-refractivity contribution in [3.63, 3.8) is 0 Å². The highest BCUT2D eigenvalue weighted by Gasteiger charge is 2.16. The molecule has 0 aromatic heterocycles. The average molecular weight is 435 g/mol. The Kier molecular flexibility index (Phi) is 6.45. The molecule has 0 saturated carbocycles. The zero-order valence-corrected chi connectivity index (χ0v) is 18.7. The smallest absolute Gasteiger partial charge is 0.132 e. The number of hydrogen-bond acceptors (Lipinski definition) is 6. The first-order valence-corrected chi connectivity index (χ1v) is 11.5. The van der Waals surface area contributed by atoms with E-state index in [1.165, 1.54) is 0 Å². The lowest BCUT2D eigenvalue weighted by molar-refractivity contribution is 0.405. The summed E-state index contributed by atoms with van der Waals surface area (Å²) in [5.41, 5.74) is 3.86. The third-order valence-electron chi connectivity index (χ3n) is 4.72. The minimum atomic E-state index is 0.706. The summed E-state index contributed by atoms with van der Waals surface area (Å²) in [5, 5.41) is 1.05. The summed E-state index contributed by atoms with van der Waals surface area (Å²) in [6, 6.07) is 22.3. The number of aliphatic imine (C=N–C) groups is 2. The SMILES string of the molecule is COc1ccc(C2=Nc3cc(Sc4ccccc4OC)ccc3N=C(SC)C2)cc1. The molecule has 3 aromatic carbocycles. The first kappa shape index (κ1) is 20.6. The number of thioether (sulfide) groups is 1. The summed E-state index contributed by atoms with van der Waals surface area (Å²) >= 11 is 3.33. The second kappa shape index (κ2) is 9.41. The van der Waals surface area contributed by atoms with Crippen LogP contribution in [0.2, 0.25) is 0 Å². The Morgan fingerprint density at radius 2 is 1.63 bits per heavy atom. The molecule has 1 aliphatic heterocycles. The fourth-order valence-corrected chi connectivity index (χ4v) is 4.58. The molecule has 3 aromatic rings. The molecule has 0 unspecified atom stereocenters. The molecule has 0 N–H and O–H groups in total. The maximum atomic E-state index is 5.49. The lowest BCUT2D eigenvalue weighted by Gasteiger charge is -2.09. The number of methoxy groups -OCH3 is 2. The van der Waals surface area contributed by atoms with Gasteiger partial charge in [-0.25, -0.2) is 4.99 Å². The van der Waals surface area contributed by atoms with Crippen LogP contribution in [0.5, 0.6) is 11.5 Å². The Labute approximate surface area is 185 Å². The fourth-order valence-electron chi connectivity index (χ4n) is 3.15. The molecule has 1 aliphatic rings. The quantitative estimate of drug-likeness (QED) is 0.444. The lowest BCUT2D eigenvalue weighted by Crippen LogP contribution is -2.05. The Balaban J connectivity index is 1.72. The normalized spacial score (nSPS) is 13.0. The van der Waals surface area contributed by atoms with Crippen LogP contribution in [0.25, 0.3) is 0 Å². The molecular weight excluding hydrogens is 412 g/mol. The molecule has 0 saturated heterocycles. The van der Waals surface area contributed by atoms with Gasteiger partial charge in [-0.2, -0.15) is 0 Å². The third-order valence-corrected chi connectivity index (χ3v) is 6.48. The van der Waals surface area contributed by atoms with Crippen molar-refractivity contribution in [2.24, 2.45) is 9.98 Å². The standard InChI is InChI=1S/C24H22N2O2S2/c1-27-17-10-8-16(9-11-17)20-15-24(29-3)26-19-13-12-18(14-21(19)25-20)30-23-7-5-4-6-22(23)28-2/h4-14H,15H2,1-3H3. The molecule has 0 radical (unpaired) electrons. The molecule has 6 heteroatoms. The van der Waals surface area contributed by atoms with E-state index in [4.69, 9.17) is 19.5 Å². The number of nitrogens with zero attached hydrogens (tertiary/aromatic N) is 2. The maximum Gasteiger partial charge on any atom is 0.132 e. The number of ether oxygens (including phenoxy) is 2. The fraction of sp³-hybridized carbons (Fsp3) is 0.167. The predicted molar refractivity (Wildman–Crippen MR) is 128 cm³/mol. The summed E-state index contributed by atoms with van der Waals surface area (Å²) in [7, 11) is 3.37. The summed E-state index contributed by atoms with van der Waals surface area (Å²) in [6.45, 7) is 0. The van der Waals surface area contributed by atoms with E-state index in [9.17, 15) is 0 Å². The zero-order chi connectivity index (χ0) is 20.9. The highest BCUT2D eigenvalue weighted by Crippen LogP contribution is 2.40. The monoisotopic (exact) mass is 434 g/mol. The maximum absolute atomic E-state index is 5.49. The van der Waals surface area contributed by atoms with Gasteiger partial charge >= 0.3 is 0 Å². The van der Waals surface area contributed by atoms with Crippen LogP contribution in [0.1, 0.15) is 12.0 Å². The van der Waals surface area contributed by atoms with E-state index in [1.807, 2.05) is 48.5 Å². The minimum absolute atomic E-state index is 0.706. The van der Waals surface area contributed by atoms with Gasteiger partial charge in [-0.3, -0.25) is 4.99 Å². The van der Waals surface area contributed by atoms with Gasteiger partial charge in [0.25, 0.3) is 0 Å². The predicted octanol–water partition coefficient (Wildman–Crippen LogP) is 6.77. The van der Waals surface area contributed by atoms with Gasteiger partial charge < -0.3 is 9.47 Å². The molecule has 30 heavy (non-hydrogen) atoms. The van der Waals surface area contributed by atoms with Gasteiger partial charge in [-0.15, -0.1) is 11.8 Å². The van der Waals surface area contributed by atoms with Crippen molar-refractivity contribution < 1.29 is 9.47 Å². The van der Waals surface area contributed by atoms with E-state index in [1.54, 1.807) is 37.7 Å². The first-order chi connectivity index (χ1) is 14.7. The summed E-state index contributed by atoms with van der Waals surface area (Å²) in [6.07, 6.45) is 2.76. The van der Waals surface area contributed by atoms with Gasteiger partial charge in [0.15, 0.2) is 0 Å². The molecule has 4 rings (SSSR count). The highest BCUT2D eigenvalue weighted by atomic mass is 32.2. The first-order valence-electron chi connectivity index (χ1n) is 9.48. The molecule has 1 heterocycles. The molecule has 152 valence electrons. The van der Waals surface area contributed by atoms with Crippen molar-refractivity contribution in [1.29, 1.82) is 0 Å². The molecule has 0 spiro atoms. The van der Waals surface area contributed by atoms with Crippen LogP contribution in [-0.2, 0) is 0 Å². The van der Waals surface area contributed by atoms with Crippen LogP contribution in [0.15, 0.2) is 86.5 Å². The number of hydrogen-bond donors (Lipinski definition) is 0. The van der Waals surface area contributed by atoms with Crippen molar-refractivity contribution >= 4 is 45.7 Å². The Hall–Kier alpha value is -2.70. The zero-order valence-electron chi connectivity index (χ0n) is 17.1. The average Bonchev–Trinajstić information content (AvgIpc) is 2.98. The van der Waals surface area contributed by atoms with Crippen LogP contribution in [0.4, 0.5) is 11.4 Å². The van der Waals surface area contributed by atoms with Crippen molar-refractivity contribution in [3.05, 3.63) is 72.3 Å². The van der Waals surface area contributed by atoms with Crippen molar-refractivity contribution in [2.75, 3.05) is 20.5 Å². The number of rotatable bonds is 5. The summed E-state index contributed by atoms with van der Waals surface area (Å²) in [5.74, 6) is 1.70. The number of para-hydroxylation sites is 1. The molecule has 0 atom stereocenters. The van der Waals surface area contributed by atoms with Crippen LogP contribution in [0, 0.1) is 0 Å². The largest absolute Gasteiger partial charge is 0.497 e. The van der Waals surface area contributed by atoms with Gasteiger partial charge in [0.1, 0.15) is 11.5 Å². The van der Waals surface area contributed by atoms with Gasteiger partial charge in [0.05, 0.1) is 41.2 Å². The Bertz CT molecular complexity index is 1110. The van der Waals surface area contributed by atoms with Gasteiger partial charge in [0.2, 0.25) is 0 Å². The van der Waals surface area contributed by atoms with Crippen LogP contribution in [0.3, 0.4) is 0 Å². The molecule has 0 bridgehead atoms. The van der Waals surface area contributed by atoms with Crippen molar-refractivity contribution in [2.45, 2.75) is 16.2 Å². The van der Waals surface area contributed by atoms with E-state index in [0.717, 1.165) is 49.0 Å². The van der Waals surface area contributed by atoms with E-state index in [-0.39, 0.29) is 0 Å². The third kappa shape index (κ3) is 4.55. The molecule has 0 fully saturated rings. The molecular formula is C24H22N2O2S2. The van der Waals surface area contributed by atoms with Gasteiger partial charge in [-0.05, 0) is 66.4 Å². The topological polar surface area (TPSA) is 43.2 Å². The van der Waals surface area contributed by atoms with Crippen LogP contribution >= 0.6 is 23.5 Å². The Morgan fingerprint density at radius 1 is 0.833 bits per heavy atom. The van der Waals surface area contributed by atoms with E-state index >= 15 is 0 Å². The molecule has 0 amide bonds. The van der Waals surface area contributed by atoms with Crippen molar-refractivity contribution in [3.8, 4) is 11.5 Å². The summed E-state index contributed by atoms with van der Waals surface area (Å²) in [4.78, 5) is 12.0. The van der Waals surface area contributed by atoms with E-state index in [0.29, 0.717) is 6.42 Å². The summed E-state index contributed by atoms with van der Waals surface area (Å²) < 4.78 is 10.8. The molecule has 4 nitrogen and oxygen atoms in total. The highest BCUT2D eigenvalue weighted by molar-refractivity contribution is 8.13. The van der Waals surface area contributed by atoms with E-state index < -0.39 is 0 Å². The second-order valence-corrected chi connectivity index (χ2v) is 8.57. The second-order valence-electron chi connectivity index (χ2n) is 6.58. The van der Waals surface area contributed by atoms with Crippen molar-refractivity contribution in [1.82, 2.24) is 0 Å². The lowest BCUT2D eigenvalue weighted by atomic mass is 10.1. The Morgan fingerprint density at radius 3 is 2.37 bits per heavy atom. The van der Waals surface area contributed by atoms with Gasteiger partial charge in [0, 0.05) is 11.3 Å². The van der Waals surface area contributed by atoms with Crippen LogP contribution in [-0.4, -0.2) is 31.2 Å². The molecule has 0 aliphatic carbocycles. The van der Waals surface area contributed by atoms with Crippen LogP contribution < -0.4 is 9.47 Å². The number of fused-ring (bicyclic) bond motifs is 1. The van der Waals surface area contributed by atoms with E-state index in [2.05, 4.69) is 24.5 Å². The number of benzene rings is 3. The minimum Gasteiger partial charge on any atom is -0.497 e.